The van der Waals surface area contributed by atoms with Gasteiger partial charge in [0.1, 0.15) is 0 Å². The molecule has 1 aliphatic rings. The maximum absolute atomic E-state index is 11.9. The smallest absolute Gasteiger partial charge is 0.330 e. The van der Waals surface area contributed by atoms with Gasteiger partial charge in [-0.05, 0) is 12.8 Å². The van der Waals surface area contributed by atoms with Gasteiger partial charge in [0, 0.05) is 38.9 Å². The number of aromatic nitrogens is 2. The van der Waals surface area contributed by atoms with Crippen LogP contribution >= 0.6 is 0 Å². The van der Waals surface area contributed by atoms with E-state index in [1.807, 2.05) is 0 Å². The number of hydrogen-bond donors (Lipinski definition) is 1. The number of aryl methyl sites for hydroxylation is 1. The highest BCUT2D eigenvalue weighted by Gasteiger charge is 2.14. The molecule has 1 N–H and O–H groups in total. The Bertz CT molecular complexity index is 556. The number of ether oxygens (including phenoxy) is 1. The van der Waals surface area contributed by atoms with Crippen molar-refractivity contribution in [1.82, 2.24) is 14.5 Å². The lowest BCUT2D eigenvalue weighted by Gasteiger charge is -2.12. The van der Waals surface area contributed by atoms with Crippen molar-refractivity contribution in [1.29, 1.82) is 0 Å². The Morgan fingerprint density at radius 3 is 2.70 bits per heavy atom. The Labute approximate surface area is 118 Å². The van der Waals surface area contributed by atoms with Gasteiger partial charge in [0.15, 0.2) is 0 Å². The molecule has 0 spiro atoms. The van der Waals surface area contributed by atoms with Crippen molar-refractivity contribution in [3.8, 4) is 0 Å². The van der Waals surface area contributed by atoms with Gasteiger partial charge in [0.2, 0.25) is 0 Å². The fourth-order valence-electron chi connectivity index (χ4n) is 2.58. The molecule has 0 atom stereocenters. The zero-order chi connectivity index (χ0) is 14.5. The van der Waals surface area contributed by atoms with Crippen molar-refractivity contribution < 1.29 is 4.74 Å². The van der Waals surface area contributed by atoms with E-state index in [4.69, 9.17) is 4.74 Å². The molecule has 1 saturated carbocycles. The maximum atomic E-state index is 11.9. The Morgan fingerprint density at radius 2 is 2.00 bits per heavy atom. The molecule has 0 aromatic carbocycles. The largest absolute Gasteiger partial charge is 0.377 e. The van der Waals surface area contributed by atoms with Crippen LogP contribution in [0.5, 0.6) is 0 Å². The first kappa shape index (κ1) is 15.0. The van der Waals surface area contributed by atoms with Gasteiger partial charge in [-0.25, -0.2) is 4.79 Å². The summed E-state index contributed by atoms with van der Waals surface area (Å²) in [7, 11) is 3.14. The Kier molecular flexibility index (Phi) is 5.14. The highest BCUT2D eigenvalue weighted by molar-refractivity contribution is 5.05. The molecule has 20 heavy (non-hydrogen) atoms. The minimum atomic E-state index is -0.302. The van der Waals surface area contributed by atoms with E-state index in [1.165, 1.54) is 37.3 Å². The average Bonchev–Trinajstić information content (AvgIpc) is 2.94. The first-order chi connectivity index (χ1) is 9.59. The quantitative estimate of drug-likeness (QED) is 0.753. The topological polar surface area (TPSA) is 65.3 Å². The standard InChI is InChI=1S/C14H23N3O3/c1-16-10-11(13(18)17(2)14(16)19)9-15-7-8-20-12-5-3-4-6-12/h10,12,15H,3-9H2,1-2H3. The first-order valence-electron chi connectivity index (χ1n) is 7.17. The molecule has 2 rings (SSSR count). The molecule has 0 bridgehead atoms. The molecule has 0 unspecified atom stereocenters. The van der Waals surface area contributed by atoms with Gasteiger partial charge < -0.3 is 14.6 Å². The Balaban J connectivity index is 1.79. The van der Waals surface area contributed by atoms with Crippen molar-refractivity contribution in [2.24, 2.45) is 14.1 Å². The fraction of sp³-hybridized carbons (Fsp3) is 0.714. The molecule has 1 aromatic rings. The summed E-state index contributed by atoms with van der Waals surface area (Å²) in [5, 5.41) is 3.19. The minimum Gasteiger partial charge on any atom is -0.377 e. The number of rotatable bonds is 6. The van der Waals surface area contributed by atoms with E-state index < -0.39 is 0 Å². The van der Waals surface area contributed by atoms with Gasteiger partial charge in [0.25, 0.3) is 5.56 Å². The summed E-state index contributed by atoms with van der Waals surface area (Å²) in [5.74, 6) is 0. The van der Waals surface area contributed by atoms with Crippen LogP contribution < -0.4 is 16.6 Å². The molecule has 1 fully saturated rings. The molecule has 6 nitrogen and oxygen atoms in total. The Morgan fingerprint density at radius 1 is 1.30 bits per heavy atom. The third-order valence-electron chi connectivity index (χ3n) is 3.77. The molecule has 0 saturated heterocycles. The predicted molar refractivity (Wildman–Crippen MR) is 76.8 cm³/mol. The molecule has 0 radical (unpaired) electrons. The van der Waals surface area contributed by atoms with E-state index in [1.54, 1.807) is 13.2 Å². The summed E-state index contributed by atoms with van der Waals surface area (Å²) in [5.41, 5.74) is 0.0519. The predicted octanol–water partition coefficient (Wildman–Crippen LogP) is 0.133. The third kappa shape index (κ3) is 3.58. The normalized spacial score (nSPS) is 15.9. The molecular weight excluding hydrogens is 258 g/mol. The van der Waals surface area contributed by atoms with E-state index in [0.717, 1.165) is 4.57 Å². The van der Waals surface area contributed by atoms with Crippen molar-refractivity contribution in [3.63, 3.8) is 0 Å². The lowest BCUT2D eigenvalue weighted by molar-refractivity contribution is 0.0602. The van der Waals surface area contributed by atoms with Gasteiger partial charge in [-0.2, -0.15) is 0 Å². The van der Waals surface area contributed by atoms with Gasteiger partial charge >= 0.3 is 5.69 Å². The average molecular weight is 281 g/mol. The molecule has 1 aromatic heterocycles. The minimum absolute atomic E-state index is 0.239. The summed E-state index contributed by atoms with van der Waals surface area (Å²) in [6.45, 7) is 1.83. The van der Waals surface area contributed by atoms with Crippen LogP contribution in [0.25, 0.3) is 0 Å². The lowest BCUT2D eigenvalue weighted by Crippen LogP contribution is -2.39. The van der Waals surface area contributed by atoms with Gasteiger partial charge in [-0.15, -0.1) is 0 Å². The number of nitrogens with one attached hydrogen (secondary N) is 1. The number of hydrogen-bond acceptors (Lipinski definition) is 4. The van der Waals surface area contributed by atoms with Crippen LogP contribution in [0.3, 0.4) is 0 Å². The second kappa shape index (κ2) is 6.85. The zero-order valence-corrected chi connectivity index (χ0v) is 12.2. The number of nitrogens with zero attached hydrogens (tertiary/aromatic N) is 2. The van der Waals surface area contributed by atoms with Crippen LogP contribution in [0.1, 0.15) is 31.2 Å². The molecular formula is C14H23N3O3. The summed E-state index contributed by atoms with van der Waals surface area (Å²) < 4.78 is 8.29. The molecule has 1 aliphatic carbocycles. The summed E-state index contributed by atoms with van der Waals surface area (Å²) in [6, 6.07) is 0. The van der Waals surface area contributed by atoms with Crippen LogP contribution in [0.2, 0.25) is 0 Å². The third-order valence-corrected chi connectivity index (χ3v) is 3.77. The van der Waals surface area contributed by atoms with Gasteiger partial charge in [-0.1, -0.05) is 12.8 Å². The maximum Gasteiger partial charge on any atom is 0.330 e. The zero-order valence-electron chi connectivity index (χ0n) is 12.2. The lowest BCUT2D eigenvalue weighted by atomic mass is 10.3. The highest BCUT2D eigenvalue weighted by Crippen LogP contribution is 2.20. The second-order valence-electron chi connectivity index (χ2n) is 5.37. The van der Waals surface area contributed by atoms with Crippen LogP contribution in [-0.4, -0.2) is 28.4 Å². The van der Waals surface area contributed by atoms with Crippen LogP contribution in [0.15, 0.2) is 15.8 Å². The van der Waals surface area contributed by atoms with Crippen molar-refractivity contribution in [3.05, 3.63) is 32.6 Å². The summed E-state index contributed by atoms with van der Waals surface area (Å²) in [4.78, 5) is 23.4. The summed E-state index contributed by atoms with van der Waals surface area (Å²) in [6.07, 6.45) is 6.89. The van der Waals surface area contributed by atoms with Gasteiger partial charge in [-0.3, -0.25) is 9.36 Å². The molecule has 0 amide bonds. The molecule has 0 aliphatic heterocycles. The fourth-order valence-corrected chi connectivity index (χ4v) is 2.58. The SMILES string of the molecule is Cn1cc(CNCCOC2CCCC2)c(=O)n(C)c1=O. The highest BCUT2D eigenvalue weighted by atomic mass is 16.5. The van der Waals surface area contributed by atoms with Crippen molar-refractivity contribution in [2.45, 2.75) is 38.3 Å². The van der Waals surface area contributed by atoms with E-state index in [2.05, 4.69) is 5.32 Å². The van der Waals surface area contributed by atoms with E-state index in [-0.39, 0.29) is 11.2 Å². The van der Waals surface area contributed by atoms with Crippen LogP contribution in [0, 0.1) is 0 Å². The molecule has 1 heterocycles. The Hall–Kier alpha value is -1.40. The van der Waals surface area contributed by atoms with E-state index in [0.29, 0.717) is 31.4 Å². The van der Waals surface area contributed by atoms with Crippen LogP contribution in [-0.2, 0) is 25.4 Å². The summed E-state index contributed by atoms with van der Waals surface area (Å²) >= 11 is 0. The van der Waals surface area contributed by atoms with Crippen molar-refractivity contribution >= 4 is 0 Å². The monoisotopic (exact) mass is 281 g/mol. The van der Waals surface area contributed by atoms with Crippen LogP contribution in [0.4, 0.5) is 0 Å². The van der Waals surface area contributed by atoms with E-state index in [9.17, 15) is 9.59 Å². The van der Waals surface area contributed by atoms with Crippen molar-refractivity contribution in [2.75, 3.05) is 13.2 Å². The molecule has 112 valence electrons. The van der Waals surface area contributed by atoms with E-state index >= 15 is 0 Å². The molecule has 6 heteroatoms. The van der Waals surface area contributed by atoms with Gasteiger partial charge in [0.05, 0.1) is 12.7 Å². The second-order valence-corrected chi connectivity index (χ2v) is 5.37. The first-order valence-corrected chi connectivity index (χ1v) is 7.17.